The normalized spacial score (nSPS) is 10.3. The van der Waals surface area contributed by atoms with Gasteiger partial charge < -0.3 is 15.2 Å². The Balaban J connectivity index is 2.38. The largest absolute Gasteiger partial charge is 0.503 e. The summed E-state index contributed by atoms with van der Waals surface area (Å²) in [6.07, 6.45) is 2.73. The van der Waals surface area contributed by atoms with E-state index in [0.717, 1.165) is 24.3 Å². The van der Waals surface area contributed by atoms with Gasteiger partial charge in [-0.25, -0.2) is 9.97 Å². The van der Waals surface area contributed by atoms with Gasteiger partial charge in [0.25, 0.3) is 0 Å². The molecule has 2 rings (SSSR count). The number of phenols is 1. The number of hydrogen-bond acceptors (Lipinski definition) is 5. The molecule has 0 aliphatic heterocycles. The van der Waals surface area contributed by atoms with Crippen LogP contribution in [0.5, 0.6) is 11.5 Å². The van der Waals surface area contributed by atoms with Gasteiger partial charge in [0.05, 0.1) is 11.6 Å². The molecular formula is C14H16BrN3O2. The topological polar surface area (TPSA) is 67.3 Å². The zero-order valence-corrected chi connectivity index (χ0v) is 12.9. The molecule has 0 atom stereocenters. The predicted octanol–water partition coefficient (Wildman–Crippen LogP) is 3.44. The number of aromatic hydroxyl groups is 1. The first-order valence-corrected chi connectivity index (χ1v) is 7.08. The van der Waals surface area contributed by atoms with E-state index in [-0.39, 0.29) is 5.75 Å². The molecule has 1 aromatic heterocycles. The Morgan fingerprint density at radius 1 is 1.40 bits per heavy atom. The molecule has 1 heterocycles. The van der Waals surface area contributed by atoms with E-state index < -0.39 is 0 Å². The molecule has 106 valence electrons. The van der Waals surface area contributed by atoms with Crippen LogP contribution in [0.25, 0.3) is 11.4 Å². The van der Waals surface area contributed by atoms with Gasteiger partial charge in [-0.2, -0.15) is 0 Å². The summed E-state index contributed by atoms with van der Waals surface area (Å²) in [6, 6.07) is 5.29. The number of benzene rings is 1. The van der Waals surface area contributed by atoms with Crippen LogP contribution < -0.4 is 10.1 Å². The van der Waals surface area contributed by atoms with E-state index in [1.165, 1.54) is 7.11 Å². The predicted molar refractivity (Wildman–Crippen MR) is 82.2 cm³/mol. The van der Waals surface area contributed by atoms with Crippen molar-refractivity contribution >= 4 is 21.7 Å². The fraction of sp³-hybridized carbons (Fsp3) is 0.286. The summed E-state index contributed by atoms with van der Waals surface area (Å²) in [7, 11) is 1.51. The van der Waals surface area contributed by atoms with Crippen LogP contribution in [-0.2, 0) is 0 Å². The average Bonchev–Trinajstić information content (AvgIpc) is 2.48. The van der Waals surface area contributed by atoms with E-state index in [4.69, 9.17) is 4.74 Å². The van der Waals surface area contributed by atoms with Crippen molar-refractivity contribution in [2.45, 2.75) is 13.3 Å². The number of phenolic OH excluding ortho intramolecular Hbond substituents is 1. The Labute approximate surface area is 126 Å². The highest BCUT2D eigenvalue weighted by Gasteiger charge is 2.11. The van der Waals surface area contributed by atoms with E-state index in [1.54, 1.807) is 18.3 Å². The fourth-order valence-corrected chi connectivity index (χ4v) is 2.15. The number of anilines is 1. The van der Waals surface area contributed by atoms with Crippen molar-refractivity contribution in [2.75, 3.05) is 19.0 Å². The number of aromatic nitrogens is 2. The average molecular weight is 338 g/mol. The van der Waals surface area contributed by atoms with E-state index in [0.29, 0.717) is 16.0 Å². The lowest BCUT2D eigenvalue weighted by Crippen LogP contribution is -2.03. The highest BCUT2D eigenvalue weighted by atomic mass is 79.9. The first-order chi connectivity index (χ1) is 9.65. The van der Waals surface area contributed by atoms with Crippen molar-refractivity contribution in [3.05, 3.63) is 28.9 Å². The van der Waals surface area contributed by atoms with E-state index in [1.807, 2.05) is 6.07 Å². The number of nitrogens with one attached hydrogen (secondary N) is 1. The van der Waals surface area contributed by atoms with Crippen molar-refractivity contribution in [3.8, 4) is 22.9 Å². The van der Waals surface area contributed by atoms with Crippen LogP contribution in [0.2, 0.25) is 0 Å². The smallest absolute Gasteiger partial charge is 0.172 e. The third-order valence-corrected chi connectivity index (χ3v) is 3.32. The molecule has 0 spiro atoms. The number of nitrogens with zero attached hydrogens (tertiary/aromatic N) is 2. The number of ether oxygens (including phenoxy) is 1. The Kier molecular flexibility index (Phi) is 4.79. The standard InChI is InChI=1S/C14H16BrN3O2/c1-3-5-16-12-4-6-17-14(18-12)9-7-10(15)13(19)11(8-9)20-2/h4,6-8,19H,3,5H2,1-2H3,(H,16,17,18). The van der Waals surface area contributed by atoms with Gasteiger partial charge in [-0.05, 0) is 40.5 Å². The van der Waals surface area contributed by atoms with Gasteiger partial charge in [0.1, 0.15) is 5.82 Å². The summed E-state index contributed by atoms with van der Waals surface area (Å²) in [4.78, 5) is 8.70. The molecule has 1 aromatic carbocycles. The zero-order valence-electron chi connectivity index (χ0n) is 11.4. The molecule has 0 unspecified atom stereocenters. The summed E-state index contributed by atoms with van der Waals surface area (Å²) >= 11 is 3.29. The lowest BCUT2D eigenvalue weighted by atomic mass is 10.2. The van der Waals surface area contributed by atoms with Gasteiger partial charge in [0.15, 0.2) is 17.3 Å². The molecule has 0 saturated heterocycles. The second-order valence-electron chi connectivity index (χ2n) is 4.20. The van der Waals surface area contributed by atoms with Crippen molar-refractivity contribution in [1.82, 2.24) is 9.97 Å². The first-order valence-electron chi connectivity index (χ1n) is 6.29. The number of hydrogen-bond donors (Lipinski definition) is 2. The van der Waals surface area contributed by atoms with Crippen molar-refractivity contribution < 1.29 is 9.84 Å². The molecule has 0 saturated carbocycles. The van der Waals surface area contributed by atoms with Crippen LogP contribution in [0.1, 0.15) is 13.3 Å². The summed E-state index contributed by atoms with van der Waals surface area (Å²) < 4.78 is 5.68. The van der Waals surface area contributed by atoms with Crippen LogP contribution in [0.3, 0.4) is 0 Å². The van der Waals surface area contributed by atoms with Crippen molar-refractivity contribution in [2.24, 2.45) is 0 Å². The quantitative estimate of drug-likeness (QED) is 0.874. The molecule has 0 bridgehead atoms. The molecule has 0 radical (unpaired) electrons. The molecule has 0 amide bonds. The van der Waals surface area contributed by atoms with Crippen LogP contribution in [0.15, 0.2) is 28.9 Å². The van der Waals surface area contributed by atoms with Crippen LogP contribution >= 0.6 is 15.9 Å². The van der Waals surface area contributed by atoms with Crippen LogP contribution in [0, 0.1) is 0 Å². The minimum atomic E-state index is 0.0662. The Morgan fingerprint density at radius 2 is 2.20 bits per heavy atom. The second-order valence-corrected chi connectivity index (χ2v) is 5.06. The molecular weight excluding hydrogens is 322 g/mol. The van der Waals surface area contributed by atoms with Gasteiger partial charge >= 0.3 is 0 Å². The lowest BCUT2D eigenvalue weighted by Gasteiger charge is -2.09. The Hall–Kier alpha value is -1.82. The first kappa shape index (κ1) is 14.6. The second kappa shape index (κ2) is 6.56. The van der Waals surface area contributed by atoms with Gasteiger partial charge in [0, 0.05) is 18.3 Å². The maximum atomic E-state index is 9.81. The van der Waals surface area contributed by atoms with E-state index in [2.05, 4.69) is 38.1 Å². The molecule has 0 aliphatic carbocycles. The number of halogens is 1. The molecule has 0 aliphatic rings. The minimum Gasteiger partial charge on any atom is -0.503 e. The lowest BCUT2D eigenvalue weighted by molar-refractivity contribution is 0.372. The van der Waals surface area contributed by atoms with Crippen molar-refractivity contribution in [3.63, 3.8) is 0 Å². The van der Waals surface area contributed by atoms with Gasteiger partial charge in [-0.3, -0.25) is 0 Å². The summed E-state index contributed by atoms with van der Waals surface area (Å²) in [5.41, 5.74) is 0.770. The van der Waals surface area contributed by atoms with E-state index >= 15 is 0 Å². The summed E-state index contributed by atoms with van der Waals surface area (Å²) in [5.74, 6) is 1.80. The molecule has 6 heteroatoms. The molecule has 5 nitrogen and oxygen atoms in total. The van der Waals surface area contributed by atoms with Gasteiger partial charge in [0.2, 0.25) is 0 Å². The van der Waals surface area contributed by atoms with Crippen LogP contribution in [-0.4, -0.2) is 28.7 Å². The monoisotopic (exact) mass is 337 g/mol. The Morgan fingerprint density at radius 3 is 2.90 bits per heavy atom. The SMILES string of the molecule is CCCNc1ccnc(-c2cc(Br)c(O)c(OC)c2)n1. The zero-order chi connectivity index (χ0) is 14.5. The van der Waals surface area contributed by atoms with Crippen LogP contribution in [0.4, 0.5) is 5.82 Å². The molecule has 20 heavy (non-hydrogen) atoms. The fourth-order valence-electron chi connectivity index (χ4n) is 1.71. The maximum Gasteiger partial charge on any atom is 0.172 e. The van der Waals surface area contributed by atoms with Crippen molar-refractivity contribution in [1.29, 1.82) is 0 Å². The third kappa shape index (κ3) is 3.19. The summed E-state index contributed by atoms with van der Waals surface area (Å²) in [5, 5.41) is 13.0. The third-order valence-electron chi connectivity index (χ3n) is 2.72. The molecule has 0 fully saturated rings. The van der Waals surface area contributed by atoms with E-state index in [9.17, 15) is 5.11 Å². The molecule has 2 N–H and O–H groups in total. The van der Waals surface area contributed by atoms with Gasteiger partial charge in [-0.15, -0.1) is 0 Å². The number of rotatable bonds is 5. The number of methoxy groups -OCH3 is 1. The minimum absolute atomic E-state index is 0.0662. The molecule has 2 aromatic rings. The van der Waals surface area contributed by atoms with Gasteiger partial charge in [-0.1, -0.05) is 6.92 Å². The highest BCUT2D eigenvalue weighted by molar-refractivity contribution is 9.10. The Bertz CT molecular complexity index is 605. The summed E-state index contributed by atoms with van der Waals surface area (Å²) in [6.45, 7) is 2.95. The highest BCUT2D eigenvalue weighted by Crippen LogP contribution is 2.37. The maximum absolute atomic E-state index is 9.81.